The van der Waals surface area contributed by atoms with Crippen molar-refractivity contribution in [2.75, 3.05) is 5.43 Å². The maximum Gasteiger partial charge on any atom is 0.262 e. The number of hydrogen-bond donors (Lipinski definition) is 1. The summed E-state index contributed by atoms with van der Waals surface area (Å²) >= 11 is 0. The van der Waals surface area contributed by atoms with Crippen LogP contribution in [-0.2, 0) is 7.05 Å². The van der Waals surface area contributed by atoms with Crippen molar-refractivity contribution in [3.05, 3.63) is 70.6 Å². The molecule has 0 saturated carbocycles. The molecule has 0 aliphatic carbocycles. The SMILES string of the molecule is Cc1c2c(=O)n(C)c3ccccc3c2nn1Nc1ccccc1. The van der Waals surface area contributed by atoms with E-state index in [0.29, 0.717) is 5.39 Å². The number of rotatable bonds is 2. The van der Waals surface area contributed by atoms with Crippen LogP contribution in [0.2, 0.25) is 0 Å². The van der Waals surface area contributed by atoms with Gasteiger partial charge in [0.25, 0.3) is 5.56 Å². The van der Waals surface area contributed by atoms with Crippen LogP contribution in [-0.4, -0.2) is 14.5 Å². The van der Waals surface area contributed by atoms with Gasteiger partial charge in [0.05, 0.1) is 22.3 Å². The van der Waals surface area contributed by atoms with Gasteiger partial charge in [-0.05, 0) is 25.1 Å². The summed E-state index contributed by atoms with van der Waals surface area (Å²) in [6.45, 7) is 1.90. The zero-order chi connectivity index (χ0) is 16.0. The van der Waals surface area contributed by atoms with E-state index in [1.807, 2.05) is 61.5 Å². The average molecular weight is 304 g/mol. The van der Waals surface area contributed by atoms with Crippen LogP contribution in [0.25, 0.3) is 21.8 Å². The van der Waals surface area contributed by atoms with Crippen molar-refractivity contribution >= 4 is 27.5 Å². The third-order valence-electron chi connectivity index (χ3n) is 4.16. The average Bonchev–Trinajstić information content (AvgIpc) is 2.91. The molecule has 2 heterocycles. The van der Waals surface area contributed by atoms with E-state index in [0.717, 1.165) is 27.8 Å². The Kier molecular flexibility index (Phi) is 2.94. The number of anilines is 1. The Bertz CT molecular complexity index is 1080. The summed E-state index contributed by atoms with van der Waals surface area (Å²) in [7, 11) is 1.80. The quantitative estimate of drug-likeness (QED) is 0.619. The van der Waals surface area contributed by atoms with Crippen LogP contribution >= 0.6 is 0 Å². The molecular formula is C18H16N4O. The second-order valence-electron chi connectivity index (χ2n) is 5.58. The molecule has 0 fully saturated rings. The molecule has 0 saturated heterocycles. The number of pyridine rings is 1. The highest BCUT2D eigenvalue weighted by Gasteiger charge is 2.16. The number of benzene rings is 2. The molecule has 4 rings (SSSR count). The van der Waals surface area contributed by atoms with Crippen LogP contribution < -0.4 is 11.0 Å². The van der Waals surface area contributed by atoms with Gasteiger partial charge >= 0.3 is 0 Å². The van der Waals surface area contributed by atoms with Gasteiger partial charge in [0.1, 0.15) is 5.52 Å². The molecule has 4 aromatic rings. The van der Waals surface area contributed by atoms with Crippen molar-refractivity contribution < 1.29 is 0 Å². The number of hydrogen-bond acceptors (Lipinski definition) is 3. The van der Waals surface area contributed by atoms with Crippen molar-refractivity contribution in [1.29, 1.82) is 0 Å². The van der Waals surface area contributed by atoms with Gasteiger partial charge < -0.3 is 4.57 Å². The zero-order valence-corrected chi connectivity index (χ0v) is 12.9. The van der Waals surface area contributed by atoms with E-state index in [-0.39, 0.29) is 5.56 Å². The molecule has 114 valence electrons. The van der Waals surface area contributed by atoms with Crippen molar-refractivity contribution in [1.82, 2.24) is 14.5 Å². The number of nitrogens with one attached hydrogen (secondary N) is 1. The molecule has 0 radical (unpaired) electrons. The van der Waals surface area contributed by atoms with Gasteiger partial charge in [-0.15, -0.1) is 0 Å². The molecule has 1 N–H and O–H groups in total. The first-order valence-corrected chi connectivity index (χ1v) is 7.46. The van der Waals surface area contributed by atoms with Crippen LogP contribution in [0.5, 0.6) is 0 Å². The van der Waals surface area contributed by atoms with E-state index in [2.05, 4.69) is 10.5 Å². The molecule has 0 unspecified atom stereocenters. The lowest BCUT2D eigenvalue weighted by molar-refractivity contribution is 0.786. The maximum atomic E-state index is 12.7. The summed E-state index contributed by atoms with van der Waals surface area (Å²) in [6.07, 6.45) is 0. The van der Waals surface area contributed by atoms with Gasteiger partial charge in [0.2, 0.25) is 0 Å². The fourth-order valence-corrected chi connectivity index (χ4v) is 2.93. The Labute approximate surface area is 132 Å². The van der Waals surface area contributed by atoms with E-state index in [9.17, 15) is 4.79 Å². The Morgan fingerprint density at radius 3 is 2.48 bits per heavy atom. The van der Waals surface area contributed by atoms with Crippen molar-refractivity contribution in [2.45, 2.75) is 6.92 Å². The third kappa shape index (κ3) is 2.01. The van der Waals surface area contributed by atoms with Gasteiger partial charge in [-0.25, -0.2) is 0 Å². The number of para-hydroxylation sites is 2. The van der Waals surface area contributed by atoms with E-state index >= 15 is 0 Å². The van der Waals surface area contributed by atoms with Crippen LogP contribution in [0.3, 0.4) is 0 Å². The highest BCUT2D eigenvalue weighted by molar-refractivity contribution is 6.04. The molecule has 2 aromatic heterocycles. The second-order valence-corrected chi connectivity index (χ2v) is 5.58. The standard InChI is InChI=1S/C18H16N4O/c1-12-16-17(20-22(12)19-13-8-4-3-5-9-13)14-10-6-7-11-15(14)21(2)18(16)23/h3-11,19H,1-2H3. The fourth-order valence-electron chi connectivity index (χ4n) is 2.93. The monoisotopic (exact) mass is 304 g/mol. The normalized spacial score (nSPS) is 11.2. The van der Waals surface area contributed by atoms with Crippen molar-refractivity contribution in [3.8, 4) is 0 Å². The second kappa shape index (κ2) is 4.98. The lowest BCUT2D eigenvalue weighted by atomic mass is 10.1. The minimum absolute atomic E-state index is 0.0303. The zero-order valence-electron chi connectivity index (χ0n) is 12.9. The molecule has 0 aliphatic rings. The predicted octanol–water partition coefficient (Wildman–Crippen LogP) is 3.07. The minimum Gasteiger partial charge on any atom is -0.311 e. The van der Waals surface area contributed by atoms with Gasteiger partial charge in [-0.1, -0.05) is 36.4 Å². The maximum absolute atomic E-state index is 12.7. The highest BCUT2D eigenvalue weighted by Crippen LogP contribution is 2.23. The van der Waals surface area contributed by atoms with Crippen molar-refractivity contribution in [2.24, 2.45) is 7.05 Å². The molecular weight excluding hydrogens is 288 g/mol. The highest BCUT2D eigenvalue weighted by atomic mass is 16.1. The lowest BCUT2D eigenvalue weighted by Gasteiger charge is -2.07. The predicted molar refractivity (Wildman–Crippen MR) is 92.7 cm³/mol. The van der Waals surface area contributed by atoms with Crippen LogP contribution in [0.4, 0.5) is 5.69 Å². The Morgan fingerprint density at radius 1 is 1.00 bits per heavy atom. The number of fused-ring (bicyclic) bond motifs is 3. The van der Waals surface area contributed by atoms with Gasteiger partial charge in [0.15, 0.2) is 0 Å². The molecule has 23 heavy (non-hydrogen) atoms. The first-order chi connectivity index (χ1) is 11.2. The minimum atomic E-state index is -0.0303. The first-order valence-electron chi connectivity index (χ1n) is 7.46. The van der Waals surface area contributed by atoms with Crippen LogP contribution in [0.1, 0.15) is 5.69 Å². The first kappa shape index (κ1) is 13.6. The van der Waals surface area contributed by atoms with Crippen LogP contribution in [0.15, 0.2) is 59.4 Å². The summed E-state index contributed by atoms with van der Waals surface area (Å²) in [6, 6.07) is 17.6. The summed E-state index contributed by atoms with van der Waals surface area (Å²) in [4.78, 5) is 14.4. The van der Waals surface area contributed by atoms with Gasteiger partial charge in [0, 0.05) is 12.4 Å². The molecule has 0 aliphatic heterocycles. The Balaban J connectivity index is 2.02. The topological polar surface area (TPSA) is 51.9 Å². The van der Waals surface area contributed by atoms with Gasteiger partial charge in [-0.3, -0.25) is 10.2 Å². The van der Waals surface area contributed by atoms with E-state index in [1.165, 1.54) is 0 Å². The van der Waals surface area contributed by atoms with Gasteiger partial charge in [-0.2, -0.15) is 9.89 Å². The molecule has 0 spiro atoms. The van der Waals surface area contributed by atoms with E-state index < -0.39 is 0 Å². The molecule has 2 aromatic carbocycles. The third-order valence-corrected chi connectivity index (χ3v) is 4.16. The summed E-state index contributed by atoms with van der Waals surface area (Å²) in [5, 5.41) is 6.25. The van der Waals surface area contributed by atoms with E-state index in [4.69, 9.17) is 0 Å². The smallest absolute Gasteiger partial charge is 0.262 e. The number of aryl methyl sites for hydroxylation is 2. The van der Waals surface area contributed by atoms with Crippen LogP contribution in [0, 0.1) is 6.92 Å². The molecule has 5 nitrogen and oxygen atoms in total. The largest absolute Gasteiger partial charge is 0.311 e. The summed E-state index contributed by atoms with van der Waals surface area (Å²) in [5.41, 5.74) is 6.53. The van der Waals surface area contributed by atoms with E-state index in [1.54, 1.807) is 16.4 Å². The molecule has 0 bridgehead atoms. The fraction of sp³-hybridized carbons (Fsp3) is 0.111. The summed E-state index contributed by atoms with van der Waals surface area (Å²) < 4.78 is 1.68. The lowest BCUT2D eigenvalue weighted by Crippen LogP contribution is -2.18. The summed E-state index contributed by atoms with van der Waals surface area (Å²) in [5.74, 6) is 0. The molecule has 0 atom stereocenters. The molecule has 0 amide bonds. The number of nitrogens with zero attached hydrogens (tertiary/aromatic N) is 3. The van der Waals surface area contributed by atoms with Crippen molar-refractivity contribution in [3.63, 3.8) is 0 Å². The molecule has 5 heteroatoms. The Hall–Kier alpha value is -3.08. The Morgan fingerprint density at radius 2 is 1.70 bits per heavy atom. The number of aromatic nitrogens is 3.